The van der Waals surface area contributed by atoms with E-state index >= 15 is 0 Å². The van der Waals surface area contributed by atoms with Crippen molar-refractivity contribution in [3.05, 3.63) is 95.6 Å². The summed E-state index contributed by atoms with van der Waals surface area (Å²) in [6.45, 7) is 0. The van der Waals surface area contributed by atoms with Gasteiger partial charge in [-0.15, -0.1) is 10.0 Å². The zero-order valence-electron chi connectivity index (χ0n) is 15.2. The molecule has 0 spiro atoms. The molecule has 0 aromatic heterocycles. The Morgan fingerprint density at radius 2 is 1.70 bits per heavy atom. The summed E-state index contributed by atoms with van der Waals surface area (Å²) in [4.78, 5) is 8.52. The molecule has 1 aliphatic carbocycles. The van der Waals surface area contributed by atoms with Crippen LogP contribution in [0, 0.1) is 0 Å². The fraction of sp³-hybridized carbons (Fsp3) is 0.217. The summed E-state index contributed by atoms with van der Waals surface area (Å²) in [6, 6.07) is 20.3. The van der Waals surface area contributed by atoms with Gasteiger partial charge in [0.2, 0.25) is 6.34 Å². The molecule has 0 amide bonds. The summed E-state index contributed by atoms with van der Waals surface area (Å²) in [7, 11) is 0. The molecule has 1 unspecified atom stereocenters. The van der Waals surface area contributed by atoms with Crippen LogP contribution in [0.2, 0.25) is 0 Å². The highest BCUT2D eigenvalue weighted by Gasteiger charge is 2.41. The molecule has 2 aliphatic heterocycles. The van der Waals surface area contributed by atoms with Crippen LogP contribution in [-0.2, 0) is 6.42 Å². The maximum atomic E-state index is 4.31. The monoisotopic (exact) mass is 355 g/mol. The van der Waals surface area contributed by atoms with E-state index in [9.17, 15) is 0 Å². The molecule has 3 aliphatic rings. The van der Waals surface area contributed by atoms with Crippen LogP contribution in [0.25, 0.3) is 0 Å². The van der Waals surface area contributed by atoms with Gasteiger partial charge in [0.25, 0.3) is 0 Å². The highest BCUT2D eigenvalue weighted by Crippen LogP contribution is 2.38. The summed E-state index contributed by atoms with van der Waals surface area (Å²) >= 11 is 0. The first kappa shape index (κ1) is 16.4. The van der Waals surface area contributed by atoms with E-state index in [0.29, 0.717) is 16.6 Å². The molecule has 2 aromatic carbocycles. The fourth-order valence-electron chi connectivity index (χ4n) is 4.08. The van der Waals surface area contributed by atoms with Crippen molar-refractivity contribution >= 4 is 12.6 Å². The van der Waals surface area contributed by atoms with Crippen LogP contribution in [0.1, 0.15) is 35.4 Å². The number of aliphatic imine (C=N–C) groups is 2. The first-order chi connectivity index (χ1) is 13.3. The Morgan fingerprint density at radius 1 is 0.926 bits per heavy atom. The molecule has 0 radical (unpaired) electrons. The topological polar surface area (TPSA) is 36.8 Å². The maximum Gasteiger partial charge on any atom is 0.219 e. The second kappa shape index (κ2) is 6.72. The molecule has 2 aromatic rings. The number of fused-ring (bicyclic) bond motifs is 1. The lowest BCUT2D eigenvalue weighted by molar-refractivity contribution is -0.788. The number of allylic oxidation sites excluding steroid dienone is 1. The first-order valence-corrected chi connectivity index (χ1v) is 9.56. The van der Waals surface area contributed by atoms with Gasteiger partial charge in [-0.05, 0) is 41.9 Å². The van der Waals surface area contributed by atoms with Gasteiger partial charge < -0.3 is 0 Å². The van der Waals surface area contributed by atoms with Crippen molar-refractivity contribution in [3.63, 3.8) is 0 Å². The van der Waals surface area contributed by atoms with E-state index in [1.54, 1.807) is 0 Å². The number of nitrogens with zero attached hydrogens (tertiary/aromatic N) is 3. The van der Waals surface area contributed by atoms with Gasteiger partial charge in [0.05, 0.1) is 24.7 Å². The molecule has 27 heavy (non-hydrogen) atoms. The Morgan fingerprint density at radius 3 is 2.52 bits per heavy atom. The summed E-state index contributed by atoms with van der Waals surface area (Å²) < 4.78 is 0.497. The second-order valence-electron chi connectivity index (χ2n) is 7.57. The Kier molecular flexibility index (Phi) is 4.07. The lowest BCUT2D eigenvalue weighted by atomic mass is 9.76. The molecular weight excluding hydrogens is 332 g/mol. The quantitative estimate of drug-likeness (QED) is 0.799. The zero-order chi connectivity index (χ0) is 18.1. The normalized spacial score (nSPS) is 27.9. The summed E-state index contributed by atoms with van der Waals surface area (Å²) in [5, 5.41) is 0. The van der Waals surface area contributed by atoms with Crippen molar-refractivity contribution < 1.29 is 4.59 Å². The number of nitrogens with one attached hydrogen (secondary N) is 1. The number of hydrogen-bond acceptors (Lipinski definition) is 3. The molecule has 1 fully saturated rings. The van der Waals surface area contributed by atoms with E-state index in [1.165, 1.54) is 16.7 Å². The SMILES string of the molecule is C1=C[N+]2(NC3CC(c4ccc(Cc5ccccc5)cc4)C3)C=NC=C2C=N1. The van der Waals surface area contributed by atoms with Crippen molar-refractivity contribution in [2.45, 2.75) is 31.2 Å². The minimum absolute atomic E-state index is 0.489. The molecule has 4 heteroatoms. The van der Waals surface area contributed by atoms with Crippen molar-refractivity contribution in [2.75, 3.05) is 0 Å². The first-order valence-electron chi connectivity index (χ1n) is 9.56. The molecule has 1 saturated carbocycles. The summed E-state index contributed by atoms with van der Waals surface area (Å²) in [6.07, 6.45) is 12.9. The highest BCUT2D eigenvalue weighted by atomic mass is 15.7. The zero-order valence-corrected chi connectivity index (χ0v) is 15.2. The number of benzene rings is 2. The van der Waals surface area contributed by atoms with Crippen molar-refractivity contribution in [1.82, 2.24) is 5.43 Å². The van der Waals surface area contributed by atoms with E-state index in [2.05, 4.69) is 70.0 Å². The fourth-order valence-corrected chi connectivity index (χ4v) is 4.08. The third-order valence-electron chi connectivity index (χ3n) is 5.71. The molecule has 1 N–H and O–H groups in total. The number of rotatable bonds is 5. The van der Waals surface area contributed by atoms with Crippen LogP contribution in [0.3, 0.4) is 0 Å². The maximum absolute atomic E-state index is 4.31. The lowest BCUT2D eigenvalue weighted by Gasteiger charge is -2.40. The number of quaternary nitrogens is 1. The predicted molar refractivity (Wildman–Crippen MR) is 109 cm³/mol. The third-order valence-corrected chi connectivity index (χ3v) is 5.71. The standard InChI is InChI=1S/C23H23N4/c1-2-4-18(5-3-1)12-19-6-8-20(9-7-19)21-13-22(14-21)26-27-11-10-24-15-23(27)16-25-17-27/h1-11,15-17,21-22,26H,12-14H2/q+1. The van der Waals surface area contributed by atoms with Gasteiger partial charge in [0, 0.05) is 0 Å². The number of hydrogen-bond donors (Lipinski definition) is 1. The van der Waals surface area contributed by atoms with Gasteiger partial charge in [0.15, 0.2) is 5.70 Å². The molecular formula is C23H23N4+. The Balaban J connectivity index is 1.19. The van der Waals surface area contributed by atoms with E-state index in [0.717, 1.165) is 25.0 Å². The molecule has 5 rings (SSSR count). The van der Waals surface area contributed by atoms with Crippen molar-refractivity contribution in [3.8, 4) is 0 Å². The molecule has 0 bridgehead atoms. The molecule has 4 nitrogen and oxygen atoms in total. The Bertz CT molecular complexity index is 934. The van der Waals surface area contributed by atoms with Crippen LogP contribution in [-0.4, -0.2) is 23.2 Å². The van der Waals surface area contributed by atoms with Gasteiger partial charge in [0.1, 0.15) is 6.20 Å². The summed E-state index contributed by atoms with van der Waals surface area (Å²) in [5.41, 5.74) is 8.98. The van der Waals surface area contributed by atoms with Crippen LogP contribution in [0.15, 0.2) is 88.9 Å². The van der Waals surface area contributed by atoms with Crippen LogP contribution in [0.4, 0.5) is 0 Å². The van der Waals surface area contributed by atoms with E-state index in [1.807, 2.05) is 31.2 Å². The van der Waals surface area contributed by atoms with Crippen LogP contribution in [0.5, 0.6) is 0 Å². The molecule has 134 valence electrons. The van der Waals surface area contributed by atoms with Gasteiger partial charge >= 0.3 is 0 Å². The average Bonchev–Trinajstić information content (AvgIpc) is 3.10. The smallest absolute Gasteiger partial charge is 0.219 e. The van der Waals surface area contributed by atoms with Gasteiger partial charge in [-0.2, -0.15) is 0 Å². The van der Waals surface area contributed by atoms with Crippen molar-refractivity contribution in [2.24, 2.45) is 9.98 Å². The highest BCUT2D eigenvalue weighted by molar-refractivity contribution is 5.81. The average molecular weight is 355 g/mol. The van der Waals surface area contributed by atoms with E-state index < -0.39 is 0 Å². The van der Waals surface area contributed by atoms with Gasteiger partial charge in [-0.3, -0.25) is 4.99 Å². The lowest BCUT2D eigenvalue weighted by Crippen LogP contribution is -2.58. The largest absolute Gasteiger partial charge is 0.253 e. The van der Waals surface area contributed by atoms with Crippen LogP contribution < -0.4 is 5.43 Å². The summed E-state index contributed by atoms with van der Waals surface area (Å²) in [5.74, 6) is 0.640. The van der Waals surface area contributed by atoms with E-state index in [-0.39, 0.29) is 0 Å². The van der Waals surface area contributed by atoms with Gasteiger partial charge in [-0.25, -0.2) is 4.99 Å². The second-order valence-corrected chi connectivity index (χ2v) is 7.57. The van der Waals surface area contributed by atoms with Gasteiger partial charge in [-0.1, -0.05) is 54.6 Å². The Labute approximate surface area is 159 Å². The minimum atomic E-state index is 0.489. The molecule has 1 atom stereocenters. The van der Waals surface area contributed by atoms with E-state index in [4.69, 9.17) is 0 Å². The van der Waals surface area contributed by atoms with Crippen LogP contribution >= 0.6 is 0 Å². The Hall–Kier alpha value is -2.82. The van der Waals surface area contributed by atoms with Crippen molar-refractivity contribution in [1.29, 1.82) is 0 Å². The third kappa shape index (κ3) is 3.18. The predicted octanol–water partition coefficient (Wildman–Crippen LogP) is 4.28. The molecule has 0 saturated heterocycles. The minimum Gasteiger partial charge on any atom is -0.253 e. The molecule has 2 heterocycles.